The largest absolute Gasteiger partial charge is 0.368 e. The smallest absolute Gasteiger partial charge is 0.240 e. The van der Waals surface area contributed by atoms with Gasteiger partial charge in [0, 0.05) is 42.3 Å². The second-order valence-corrected chi connectivity index (χ2v) is 11.1. The summed E-state index contributed by atoms with van der Waals surface area (Å²) in [7, 11) is 0. The first-order valence-corrected chi connectivity index (χ1v) is 14.6. The van der Waals surface area contributed by atoms with Crippen molar-refractivity contribution in [2.45, 2.75) is 52.0 Å². The van der Waals surface area contributed by atoms with Gasteiger partial charge in [-0.05, 0) is 85.7 Å². The van der Waals surface area contributed by atoms with Crippen molar-refractivity contribution in [2.24, 2.45) is 23.3 Å². The Hall–Kier alpha value is -4.75. The molecule has 0 radical (unpaired) electrons. The number of halogens is 1. The highest BCUT2D eigenvalue weighted by molar-refractivity contribution is 6.02. The molecule has 2 aromatic heterocycles. The van der Waals surface area contributed by atoms with Crippen molar-refractivity contribution in [1.82, 2.24) is 30.6 Å². The van der Waals surface area contributed by atoms with E-state index in [0.29, 0.717) is 48.1 Å². The van der Waals surface area contributed by atoms with Crippen LogP contribution in [0.4, 0.5) is 11.6 Å². The number of rotatable bonds is 10. The van der Waals surface area contributed by atoms with Gasteiger partial charge in [-0.15, -0.1) is 22.6 Å². The lowest BCUT2D eigenvalue weighted by Crippen LogP contribution is -2.52. The number of carbonyl (C=O) groups excluding carboxylic acids is 3. The minimum atomic E-state index is -0.944. The number of hydrogen-bond donors (Lipinski definition) is 4. The van der Waals surface area contributed by atoms with Crippen molar-refractivity contribution in [3.63, 3.8) is 0 Å². The van der Waals surface area contributed by atoms with Crippen LogP contribution in [-0.4, -0.2) is 60.9 Å². The standard InChI is InChI=1S/C31H36N10O3.ClH/c1-18-26(17-34-31(35-18)36-19(2)42)24-5-3-4-21(14-24)15-27(28(33)43)41(30(44)23-8-6-20(16-32)7-9-23)25-12-10-22(11-13-25)29-37-39-40-38-29;/h3-5,10-14,17,20,23,27H,6-9,15-16,32H2,1-2H3,(H2,33,43)(H,34,35,36,42)(H,37,38,39,40);1H/t20?,23?,27-;/m0./s1. The van der Waals surface area contributed by atoms with Crippen molar-refractivity contribution >= 4 is 41.8 Å². The Morgan fingerprint density at radius 3 is 2.40 bits per heavy atom. The summed E-state index contributed by atoms with van der Waals surface area (Å²) in [6.45, 7) is 3.83. The summed E-state index contributed by atoms with van der Waals surface area (Å²) in [5, 5.41) is 16.7. The zero-order valence-corrected chi connectivity index (χ0v) is 26.0. The van der Waals surface area contributed by atoms with Crippen LogP contribution in [0.3, 0.4) is 0 Å². The Morgan fingerprint density at radius 2 is 1.80 bits per heavy atom. The maximum atomic E-state index is 14.2. The summed E-state index contributed by atoms with van der Waals surface area (Å²) in [4.78, 5) is 48.9. The molecule has 5 rings (SSSR count). The monoisotopic (exact) mass is 632 g/mol. The van der Waals surface area contributed by atoms with Crippen LogP contribution in [0.2, 0.25) is 0 Å². The van der Waals surface area contributed by atoms with Gasteiger partial charge < -0.3 is 11.5 Å². The number of H-pyrrole nitrogens is 1. The van der Waals surface area contributed by atoms with E-state index in [0.717, 1.165) is 29.5 Å². The molecular weight excluding hydrogens is 596 g/mol. The lowest BCUT2D eigenvalue weighted by atomic mass is 9.81. The molecule has 1 aliphatic carbocycles. The number of tetrazole rings is 1. The maximum absolute atomic E-state index is 14.2. The molecule has 6 N–H and O–H groups in total. The molecule has 4 aromatic rings. The number of amides is 3. The second-order valence-electron chi connectivity index (χ2n) is 11.1. The molecule has 0 bridgehead atoms. The highest BCUT2D eigenvalue weighted by atomic mass is 35.5. The third-order valence-corrected chi connectivity index (χ3v) is 8.09. The number of hydrogen-bond acceptors (Lipinski definition) is 9. The molecule has 13 nitrogen and oxygen atoms in total. The van der Waals surface area contributed by atoms with Gasteiger partial charge in [0.05, 0.1) is 5.69 Å². The minimum Gasteiger partial charge on any atom is -0.368 e. The zero-order valence-electron chi connectivity index (χ0n) is 25.1. The van der Waals surface area contributed by atoms with Crippen LogP contribution in [0.25, 0.3) is 22.5 Å². The Morgan fingerprint density at radius 1 is 1.07 bits per heavy atom. The molecular formula is C31H37ClN10O3. The summed E-state index contributed by atoms with van der Waals surface area (Å²) in [6.07, 6.45) is 4.98. The van der Waals surface area contributed by atoms with Crippen molar-refractivity contribution in [1.29, 1.82) is 0 Å². The third kappa shape index (κ3) is 7.86. The van der Waals surface area contributed by atoms with Crippen molar-refractivity contribution in [3.8, 4) is 22.5 Å². The van der Waals surface area contributed by atoms with Crippen LogP contribution in [0.1, 0.15) is 43.9 Å². The molecule has 0 saturated heterocycles. The van der Waals surface area contributed by atoms with Gasteiger partial charge in [-0.2, -0.15) is 5.21 Å². The topological polar surface area (TPSA) is 199 Å². The Bertz CT molecular complexity index is 1620. The first-order valence-electron chi connectivity index (χ1n) is 14.6. The van der Waals surface area contributed by atoms with E-state index in [-0.39, 0.29) is 42.5 Å². The molecule has 2 heterocycles. The molecule has 0 spiro atoms. The molecule has 3 amide bonds. The molecule has 1 fully saturated rings. The molecule has 0 unspecified atom stereocenters. The lowest BCUT2D eigenvalue weighted by Gasteiger charge is -2.35. The molecule has 236 valence electrons. The van der Waals surface area contributed by atoms with Crippen molar-refractivity contribution in [3.05, 3.63) is 66.0 Å². The second kappa shape index (κ2) is 14.8. The Balaban J connectivity index is 0.00000461. The summed E-state index contributed by atoms with van der Waals surface area (Å²) in [5.41, 5.74) is 16.3. The molecule has 1 saturated carbocycles. The summed E-state index contributed by atoms with van der Waals surface area (Å²) < 4.78 is 0. The van der Waals surface area contributed by atoms with E-state index in [1.54, 1.807) is 35.4 Å². The average Bonchev–Trinajstić information content (AvgIpc) is 3.56. The van der Waals surface area contributed by atoms with Gasteiger partial charge in [-0.25, -0.2) is 9.97 Å². The predicted octanol–water partition coefficient (Wildman–Crippen LogP) is 3.21. The molecule has 1 aliphatic rings. The molecule has 1 atom stereocenters. The van der Waals surface area contributed by atoms with E-state index < -0.39 is 11.9 Å². The minimum absolute atomic E-state index is 0. The van der Waals surface area contributed by atoms with Crippen molar-refractivity contribution < 1.29 is 14.4 Å². The normalized spacial score (nSPS) is 16.7. The summed E-state index contributed by atoms with van der Waals surface area (Å²) in [6, 6.07) is 13.8. The first-order chi connectivity index (χ1) is 21.2. The fraction of sp³-hybridized carbons (Fsp3) is 0.355. The number of primary amides is 1. The summed E-state index contributed by atoms with van der Waals surface area (Å²) in [5.74, 6) is -0.203. The number of anilines is 2. The predicted molar refractivity (Wildman–Crippen MR) is 172 cm³/mol. The van der Waals surface area contributed by atoms with Crippen LogP contribution >= 0.6 is 12.4 Å². The van der Waals surface area contributed by atoms with Gasteiger partial charge >= 0.3 is 0 Å². The van der Waals surface area contributed by atoms with Crippen LogP contribution in [0, 0.1) is 18.8 Å². The van der Waals surface area contributed by atoms with Gasteiger partial charge in [-0.1, -0.05) is 24.3 Å². The SMILES string of the molecule is CC(=O)Nc1ncc(-c2cccc(C[C@@H](C(N)=O)N(C(=O)C3CCC(CN)CC3)c3ccc(-c4nn[nH]n4)cc3)c2)c(C)n1.Cl. The van der Waals surface area contributed by atoms with Crippen LogP contribution < -0.4 is 21.7 Å². The average molecular weight is 633 g/mol. The number of aromatic nitrogens is 6. The zero-order chi connectivity index (χ0) is 31.2. The lowest BCUT2D eigenvalue weighted by molar-refractivity contribution is -0.127. The van der Waals surface area contributed by atoms with E-state index >= 15 is 0 Å². The van der Waals surface area contributed by atoms with Gasteiger partial charge in [-0.3, -0.25) is 24.6 Å². The van der Waals surface area contributed by atoms with E-state index in [9.17, 15) is 14.4 Å². The quantitative estimate of drug-likeness (QED) is 0.203. The number of aryl methyl sites for hydroxylation is 1. The molecule has 14 heteroatoms. The summed E-state index contributed by atoms with van der Waals surface area (Å²) >= 11 is 0. The van der Waals surface area contributed by atoms with Gasteiger partial charge in [0.15, 0.2) is 0 Å². The van der Waals surface area contributed by atoms with E-state index in [4.69, 9.17) is 11.5 Å². The van der Waals surface area contributed by atoms with E-state index in [1.807, 2.05) is 31.2 Å². The van der Waals surface area contributed by atoms with Gasteiger partial charge in [0.25, 0.3) is 0 Å². The van der Waals surface area contributed by atoms with E-state index in [1.165, 1.54) is 6.92 Å². The number of aromatic amines is 1. The van der Waals surface area contributed by atoms with Crippen LogP contribution in [0.5, 0.6) is 0 Å². The number of nitrogens with zero attached hydrogens (tertiary/aromatic N) is 6. The number of benzene rings is 2. The number of nitrogens with two attached hydrogens (primary N) is 2. The molecule has 45 heavy (non-hydrogen) atoms. The number of carbonyl (C=O) groups is 3. The fourth-order valence-corrected chi connectivity index (χ4v) is 5.73. The van der Waals surface area contributed by atoms with Crippen LogP contribution in [-0.2, 0) is 20.8 Å². The molecule has 2 aromatic carbocycles. The third-order valence-electron chi connectivity index (χ3n) is 8.09. The van der Waals surface area contributed by atoms with Crippen LogP contribution in [0.15, 0.2) is 54.7 Å². The highest BCUT2D eigenvalue weighted by Crippen LogP contribution is 2.33. The maximum Gasteiger partial charge on any atom is 0.240 e. The Labute approximate surface area is 267 Å². The first kappa shape index (κ1) is 33.1. The van der Waals surface area contributed by atoms with Crippen molar-refractivity contribution in [2.75, 3.05) is 16.8 Å². The fourth-order valence-electron chi connectivity index (χ4n) is 5.73. The van der Waals surface area contributed by atoms with Gasteiger partial charge in [0.1, 0.15) is 6.04 Å². The Kier molecular flexibility index (Phi) is 10.9. The molecule has 0 aliphatic heterocycles. The highest BCUT2D eigenvalue weighted by Gasteiger charge is 2.36. The van der Waals surface area contributed by atoms with E-state index in [2.05, 4.69) is 35.9 Å². The van der Waals surface area contributed by atoms with Gasteiger partial charge in [0.2, 0.25) is 29.5 Å². The number of nitrogens with one attached hydrogen (secondary N) is 2.